The second-order valence-corrected chi connectivity index (χ2v) is 5.93. The number of aryl methyl sites for hydroxylation is 1. The fourth-order valence-electron chi connectivity index (χ4n) is 2.22. The van der Waals surface area contributed by atoms with Crippen molar-refractivity contribution in [2.75, 3.05) is 6.61 Å². The summed E-state index contributed by atoms with van der Waals surface area (Å²) in [5, 5.41) is 0. The summed E-state index contributed by atoms with van der Waals surface area (Å²) < 4.78 is 58.1. The Morgan fingerprint density at radius 2 is 1.83 bits per heavy atom. The minimum Gasteiger partial charge on any atom is -0.466 e. The highest BCUT2D eigenvalue weighted by atomic mass is 19.4. The Morgan fingerprint density at radius 3 is 2.33 bits per heavy atom. The highest BCUT2D eigenvalue weighted by Crippen LogP contribution is 2.45. The molecule has 134 valence electrons. The van der Waals surface area contributed by atoms with Crippen molar-refractivity contribution in [1.29, 1.82) is 0 Å². The van der Waals surface area contributed by atoms with Crippen LogP contribution in [-0.2, 0) is 9.53 Å². The molecular weight excluding hydrogens is 328 g/mol. The van der Waals surface area contributed by atoms with E-state index in [9.17, 15) is 27.2 Å². The molecule has 0 aromatic heterocycles. The second-order valence-electron chi connectivity index (χ2n) is 5.93. The van der Waals surface area contributed by atoms with Gasteiger partial charge >= 0.3 is 12.1 Å². The van der Waals surface area contributed by atoms with Gasteiger partial charge in [-0.3, -0.25) is 9.59 Å². The van der Waals surface area contributed by atoms with Crippen LogP contribution in [0.1, 0.15) is 49.0 Å². The molecule has 0 fully saturated rings. The third kappa shape index (κ3) is 5.04. The summed E-state index contributed by atoms with van der Waals surface area (Å²) in [7, 11) is 0. The fraction of sp³-hybridized carbons (Fsp3) is 0.529. The Kier molecular flexibility index (Phi) is 6.51. The molecule has 24 heavy (non-hydrogen) atoms. The first kappa shape index (κ1) is 20.1. The van der Waals surface area contributed by atoms with Crippen molar-refractivity contribution < 1.29 is 31.9 Å². The summed E-state index contributed by atoms with van der Waals surface area (Å²) >= 11 is 0. The normalized spacial score (nSPS) is 14.1. The van der Waals surface area contributed by atoms with E-state index in [4.69, 9.17) is 0 Å². The predicted octanol–water partition coefficient (Wildman–Crippen LogP) is 4.62. The Labute approximate surface area is 138 Å². The van der Waals surface area contributed by atoms with Crippen LogP contribution in [0.25, 0.3) is 0 Å². The van der Waals surface area contributed by atoms with Gasteiger partial charge in [-0.05, 0) is 44.0 Å². The van der Waals surface area contributed by atoms with Gasteiger partial charge in [0.1, 0.15) is 5.82 Å². The summed E-state index contributed by atoms with van der Waals surface area (Å²) in [6.07, 6.45) is -6.47. The van der Waals surface area contributed by atoms with Crippen molar-refractivity contribution in [2.24, 2.45) is 5.41 Å². The standard InChI is InChI=1S/C17H20F4O3/c1-4-24-15(23)7-8-16(3,17(19,20)21)10-14(22)12-5-6-13(18)11(2)9-12/h5-6,9H,4,7-8,10H2,1-3H3/t16-/m1/s1. The molecule has 3 nitrogen and oxygen atoms in total. The highest BCUT2D eigenvalue weighted by molar-refractivity contribution is 5.96. The lowest BCUT2D eigenvalue weighted by Gasteiger charge is -2.31. The second kappa shape index (κ2) is 7.77. The molecule has 1 rings (SSSR count). The van der Waals surface area contributed by atoms with E-state index >= 15 is 0 Å². The molecule has 0 bridgehead atoms. The Hall–Kier alpha value is -1.92. The minimum absolute atomic E-state index is 0.0144. The van der Waals surface area contributed by atoms with Crippen LogP contribution in [0.4, 0.5) is 17.6 Å². The average molecular weight is 348 g/mol. The molecule has 0 aliphatic rings. The zero-order valence-corrected chi connectivity index (χ0v) is 13.8. The number of halogens is 4. The van der Waals surface area contributed by atoms with Gasteiger partial charge in [-0.1, -0.05) is 6.92 Å². The molecule has 0 unspecified atom stereocenters. The predicted molar refractivity (Wildman–Crippen MR) is 80.1 cm³/mol. The molecular formula is C17H20F4O3. The van der Waals surface area contributed by atoms with Crippen LogP contribution in [0.15, 0.2) is 18.2 Å². The number of carbonyl (C=O) groups is 2. The maximum atomic E-state index is 13.4. The number of Topliss-reactive ketones (excluding diaryl/α,β-unsaturated/α-hetero) is 1. The van der Waals surface area contributed by atoms with Crippen LogP contribution in [0, 0.1) is 18.2 Å². The number of ether oxygens (including phenoxy) is 1. The highest BCUT2D eigenvalue weighted by Gasteiger charge is 2.51. The zero-order valence-electron chi connectivity index (χ0n) is 13.8. The molecule has 0 aliphatic carbocycles. The van der Waals surface area contributed by atoms with Gasteiger partial charge in [-0.15, -0.1) is 0 Å². The van der Waals surface area contributed by atoms with Crippen LogP contribution in [0.3, 0.4) is 0 Å². The van der Waals surface area contributed by atoms with Gasteiger partial charge in [0, 0.05) is 18.4 Å². The van der Waals surface area contributed by atoms with Crippen LogP contribution in [-0.4, -0.2) is 24.5 Å². The quantitative estimate of drug-likeness (QED) is 0.410. The third-order valence-corrected chi connectivity index (χ3v) is 3.90. The van der Waals surface area contributed by atoms with Crippen molar-refractivity contribution in [3.8, 4) is 0 Å². The number of ketones is 1. The molecule has 1 aromatic rings. The molecule has 0 saturated carbocycles. The minimum atomic E-state index is -4.66. The smallest absolute Gasteiger partial charge is 0.394 e. The first-order valence-electron chi connectivity index (χ1n) is 7.52. The number of hydrogen-bond donors (Lipinski definition) is 0. The van der Waals surface area contributed by atoms with Crippen LogP contribution in [0.5, 0.6) is 0 Å². The van der Waals surface area contributed by atoms with E-state index in [0.717, 1.165) is 19.1 Å². The molecule has 7 heteroatoms. The Bertz CT molecular complexity index is 610. The molecule has 0 N–H and O–H groups in total. The zero-order chi connectivity index (χ0) is 18.5. The lowest BCUT2D eigenvalue weighted by atomic mass is 9.78. The molecule has 0 amide bonds. The third-order valence-electron chi connectivity index (χ3n) is 3.90. The average Bonchev–Trinajstić information content (AvgIpc) is 2.47. The van der Waals surface area contributed by atoms with Crippen molar-refractivity contribution in [2.45, 2.75) is 46.2 Å². The van der Waals surface area contributed by atoms with E-state index in [-0.39, 0.29) is 17.7 Å². The van der Waals surface area contributed by atoms with E-state index < -0.39 is 48.4 Å². The maximum Gasteiger partial charge on any atom is 0.394 e. The lowest BCUT2D eigenvalue weighted by molar-refractivity contribution is -0.219. The Morgan fingerprint density at radius 1 is 1.21 bits per heavy atom. The molecule has 0 aliphatic heterocycles. The monoisotopic (exact) mass is 348 g/mol. The van der Waals surface area contributed by atoms with Gasteiger partial charge < -0.3 is 4.74 Å². The van der Waals surface area contributed by atoms with Gasteiger partial charge in [0.05, 0.1) is 12.0 Å². The molecule has 1 aromatic carbocycles. The van der Waals surface area contributed by atoms with Crippen molar-refractivity contribution in [3.63, 3.8) is 0 Å². The van der Waals surface area contributed by atoms with Gasteiger partial charge in [0.15, 0.2) is 5.78 Å². The summed E-state index contributed by atoms with van der Waals surface area (Å²) in [6.45, 7) is 3.97. The molecule has 0 radical (unpaired) electrons. The summed E-state index contributed by atoms with van der Waals surface area (Å²) in [6, 6.07) is 3.43. The number of rotatable bonds is 7. The lowest BCUT2D eigenvalue weighted by Crippen LogP contribution is -2.38. The summed E-state index contributed by atoms with van der Waals surface area (Å²) in [5.74, 6) is -2.02. The number of benzene rings is 1. The van der Waals surface area contributed by atoms with Crippen molar-refractivity contribution >= 4 is 11.8 Å². The van der Waals surface area contributed by atoms with Crippen LogP contribution >= 0.6 is 0 Å². The van der Waals surface area contributed by atoms with Crippen molar-refractivity contribution in [3.05, 3.63) is 35.1 Å². The van der Waals surface area contributed by atoms with E-state index in [2.05, 4.69) is 4.74 Å². The number of hydrogen-bond acceptors (Lipinski definition) is 3. The van der Waals surface area contributed by atoms with Crippen molar-refractivity contribution in [1.82, 2.24) is 0 Å². The largest absolute Gasteiger partial charge is 0.466 e. The molecule has 0 saturated heterocycles. The topological polar surface area (TPSA) is 43.4 Å². The SMILES string of the molecule is CCOC(=O)CC[C@](C)(CC(=O)c1ccc(F)c(C)c1)C(F)(F)F. The van der Waals surface area contributed by atoms with Crippen LogP contribution < -0.4 is 0 Å². The molecule has 0 heterocycles. The number of alkyl halides is 3. The van der Waals surface area contributed by atoms with E-state index in [1.165, 1.54) is 13.0 Å². The molecule has 1 atom stereocenters. The van der Waals surface area contributed by atoms with Gasteiger partial charge in [0.2, 0.25) is 0 Å². The number of carbonyl (C=O) groups excluding carboxylic acids is 2. The fourth-order valence-corrected chi connectivity index (χ4v) is 2.22. The summed E-state index contributed by atoms with van der Waals surface area (Å²) in [5.41, 5.74) is -2.17. The van der Waals surface area contributed by atoms with Gasteiger partial charge in [-0.25, -0.2) is 4.39 Å². The van der Waals surface area contributed by atoms with Gasteiger partial charge in [-0.2, -0.15) is 13.2 Å². The first-order chi connectivity index (χ1) is 11.0. The molecule has 0 spiro atoms. The maximum absolute atomic E-state index is 13.4. The Balaban J connectivity index is 2.94. The van der Waals surface area contributed by atoms with E-state index in [1.807, 2.05) is 0 Å². The van der Waals surface area contributed by atoms with E-state index in [1.54, 1.807) is 6.92 Å². The summed E-state index contributed by atoms with van der Waals surface area (Å²) in [4.78, 5) is 23.5. The first-order valence-corrected chi connectivity index (χ1v) is 7.52. The van der Waals surface area contributed by atoms with Crippen LogP contribution in [0.2, 0.25) is 0 Å². The number of esters is 1. The van der Waals surface area contributed by atoms with Gasteiger partial charge in [0.25, 0.3) is 0 Å². The van der Waals surface area contributed by atoms with E-state index in [0.29, 0.717) is 0 Å².